The number of ether oxygens (including phenoxy) is 1. The van der Waals surface area contributed by atoms with Gasteiger partial charge in [-0.05, 0) is 29.8 Å². The molecule has 8 heteroatoms. The molecule has 3 aliphatic rings. The van der Waals surface area contributed by atoms with Crippen LogP contribution in [-0.4, -0.2) is 31.6 Å². The summed E-state index contributed by atoms with van der Waals surface area (Å²) >= 11 is 12.1. The van der Waals surface area contributed by atoms with E-state index in [1.165, 1.54) is 0 Å². The molecule has 150 valence electrons. The Morgan fingerprint density at radius 1 is 1.00 bits per heavy atom. The number of carbonyl (C=O) groups excluding carboxylic acids is 1. The number of benzene rings is 2. The van der Waals surface area contributed by atoms with Gasteiger partial charge in [0.15, 0.2) is 5.78 Å². The van der Waals surface area contributed by atoms with Crippen LogP contribution in [0.2, 0.25) is 10.0 Å². The smallest absolute Gasteiger partial charge is 0.175 e. The van der Waals surface area contributed by atoms with Crippen molar-refractivity contribution in [2.24, 2.45) is 5.92 Å². The van der Waals surface area contributed by atoms with Crippen LogP contribution in [0.5, 0.6) is 11.5 Å². The Bertz CT molecular complexity index is 1010. The number of hydrogen-bond donors (Lipinski definition) is 4. The summed E-state index contributed by atoms with van der Waals surface area (Å²) in [7, 11) is 0. The molecule has 0 radical (unpaired) electrons. The fourth-order valence-electron chi connectivity index (χ4n) is 4.38. The van der Waals surface area contributed by atoms with Gasteiger partial charge in [0.1, 0.15) is 11.5 Å². The molecule has 3 heterocycles. The molecular formula is C21H20Cl2N4O2. The van der Waals surface area contributed by atoms with Crippen molar-refractivity contribution in [2.45, 2.75) is 12.1 Å². The minimum Gasteiger partial charge on any atom is -0.457 e. The fourth-order valence-corrected chi connectivity index (χ4v) is 4.67. The predicted octanol–water partition coefficient (Wildman–Crippen LogP) is 2.95. The van der Waals surface area contributed by atoms with Crippen LogP contribution in [0.15, 0.2) is 53.7 Å². The topological polar surface area (TPSA) is 74.4 Å². The summed E-state index contributed by atoms with van der Waals surface area (Å²) in [6, 6.07) is 13.1. The highest BCUT2D eigenvalue weighted by Gasteiger charge is 2.44. The van der Waals surface area contributed by atoms with E-state index in [0.29, 0.717) is 34.6 Å². The molecule has 2 aromatic rings. The Morgan fingerprint density at radius 2 is 1.86 bits per heavy atom. The van der Waals surface area contributed by atoms with Crippen molar-refractivity contribution in [2.75, 3.05) is 19.6 Å². The first kappa shape index (κ1) is 18.9. The first-order valence-corrected chi connectivity index (χ1v) is 10.3. The lowest BCUT2D eigenvalue weighted by atomic mass is 9.74. The van der Waals surface area contributed by atoms with Crippen molar-refractivity contribution in [3.63, 3.8) is 0 Å². The van der Waals surface area contributed by atoms with E-state index >= 15 is 0 Å². The summed E-state index contributed by atoms with van der Waals surface area (Å²) in [4.78, 5) is 12.8. The third-order valence-electron chi connectivity index (χ3n) is 5.65. The van der Waals surface area contributed by atoms with Gasteiger partial charge in [0.2, 0.25) is 0 Å². The lowest BCUT2D eigenvalue weighted by molar-refractivity contribution is -0.115. The molecule has 29 heavy (non-hydrogen) atoms. The van der Waals surface area contributed by atoms with Crippen molar-refractivity contribution in [3.8, 4) is 11.5 Å². The van der Waals surface area contributed by atoms with E-state index in [1.54, 1.807) is 18.2 Å². The zero-order chi connectivity index (χ0) is 20.0. The third kappa shape index (κ3) is 3.52. The monoisotopic (exact) mass is 430 g/mol. The molecular weight excluding hydrogens is 411 g/mol. The molecule has 0 spiro atoms. The van der Waals surface area contributed by atoms with Crippen LogP contribution in [0.1, 0.15) is 11.5 Å². The van der Waals surface area contributed by atoms with Gasteiger partial charge in [-0.1, -0.05) is 35.3 Å². The Balaban J connectivity index is 1.51. The summed E-state index contributed by atoms with van der Waals surface area (Å²) in [5.74, 6) is 1.66. The van der Waals surface area contributed by atoms with Crippen molar-refractivity contribution in [1.29, 1.82) is 0 Å². The molecule has 3 unspecified atom stereocenters. The van der Waals surface area contributed by atoms with Gasteiger partial charge in [-0.2, -0.15) is 0 Å². The summed E-state index contributed by atoms with van der Waals surface area (Å²) < 4.78 is 6.02. The number of carbonyl (C=O) groups is 1. The van der Waals surface area contributed by atoms with Crippen LogP contribution in [0, 0.1) is 5.92 Å². The van der Waals surface area contributed by atoms with Crippen molar-refractivity contribution in [3.05, 3.63) is 69.3 Å². The number of halogens is 2. The van der Waals surface area contributed by atoms with E-state index < -0.39 is 0 Å². The zero-order valence-corrected chi connectivity index (χ0v) is 17.0. The Morgan fingerprint density at radius 3 is 2.72 bits per heavy atom. The molecule has 2 aromatic carbocycles. The maximum atomic E-state index is 12.8. The van der Waals surface area contributed by atoms with Crippen LogP contribution >= 0.6 is 23.2 Å². The quantitative estimate of drug-likeness (QED) is 0.599. The largest absolute Gasteiger partial charge is 0.457 e. The molecule has 4 N–H and O–H groups in total. The molecule has 0 amide bonds. The van der Waals surface area contributed by atoms with E-state index in [1.807, 2.05) is 18.2 Å². The molecule has 0 aliphatic carbocycles. The van der Waals surface area contributed by atoms with Crippen molar-refractivity contribution < 1.29 is 9.53 Å². The lowest BCUT2D eigenvalue weighted by Gasteiger charge is -2.39. The van der Waals surface area contributed by atoms with E-state index in [0.717, 1.165) is 23.4 Å². The predicted molar refractivity (Wildman–Crippen MR) is 112 cm³/mol. The Hall–Kier alpha value is -2.09. The number of Topliss-reactive ketones (excluding diaryl/α,β-unsaturated/α-hetero) is 1. The average Bonchev–Trinajstić information content (AvgIpc) is 3.18. The van der Waals surface area contributed by atoms with Crippen LogP contribution in [0.4, 0.5) is 0 Å². The van der Waals surface area contributed by atoms with Crippen LogP contribution < -0.4 is 26.2 Å². The van der Waals surface area contributed by atoms with E-state index in [2.05, 4.69) is 27.6 Å². The molecule has 6 nitrogen and oxygen atoms in total. The Labute approximate surface area is 178 Å². The molecule has 3 aliphatic heterocycles. The number of rotatable bonds is 3. The Kier molecular flexibility index (Phi) is 4.97. The normalized spacial score (nSPS) is 26.0. The summed E-state index contributed by atoms with van der Waals surface area (Å²) in [6.45, 7) is 1.81. The molecule has 1 fully saturated rings. The number of fused-ring (bicyclic) bond motifs is 1. The van der Waals surface area contributed by atoms with Crippen LogP contribution in [0.25, 0.3) is 0 Å². The average molecular weight is 431 g/mol. The van der Waals surface area contributed by atoms with Gasteiger partial charge in [-0.25, -0.2) is 5.43 Å². The van der Waals surface area contributed by atoms with Gasteiger partial charge in [0, 0.05) is 42.3 Å². The molecule has 0 saturated carbocycles. The zero-order valence-electron chi connectivity index (χ0n) is 15.5. The van der Waals surface area contributed by atoms with Gasteiger partial charge in [0.25, 0.3) is 0 Å². The molecule has 5 rings (SSSR count). The lowest BCUT2D eigenvalue weighted by Crippen LogP contribution is -2.53. The number of hydrazine groups is 1. The number of ketones is 1. The van der Waals surface area contributed by atoms with Crippen LogP contribution in [0.3, 0.4) is 0 Å². The summed E-state index contributed by atoms with van der Waals surface area (Å²) in [6.07, 6.45) is 0.0751. The van der Waals surface area contributed by atoms with E-state index in [9.17, 15) is 4.79 Å². The van der Waals surface area contributed by atoms with Crippen molar-refractivity contribution >= 4 is 29.0 Å². The molecule has 0 bridgehead atoms. The van der Waals surface area contributed by atoms with Gasteiger partial charge < -0.3 is 15.4 Å². The molecule has 1 saturated heterocycles. The third-order valence-corrected chi connectivity index (χ3v) is 6.39. The minimum absolute atomic E-state index is 0.00861. The molecule has 3 atom stereocenters. The summed E-state index contributed by atoms with van der Waals surface area (Å²) in [5.41, 5.74) is 9.42. The second-order valence-electron chi connectivity index (χ2n) is 7.46. The van der Waals surface area contributed by atoms with Gasteiger partial charge >= 0.3 is 0 Å². The van der Waals surface area contributed by atoms with Crippen molar-refractivity contribution in [1.82, 2.24) is 21.5 Å². The second kappa shape index (κ2) is 7.63. The number of hydrogen-bond acceptors (Lipinski definition) is 6. The van der Waals surface area contributed by atoms with Gasteiger partial charge in [-0.15, -0.1) is 0 Å². The van der Waals surface area contributed by atoms with Gasteiger partial charge in [0.05, 0.1) is 22.8 Å². The number of nitrogens with one attached hydrogen (secondary N) is 4. The maximum absolute atomic E-state index is 12.8. The molecule has 0 aromatic heterocycles. The second-order valence-corrected chi connectivity index (χ2v) is 8.27. The summed E-state index contributed by atoms with van der Waals surface area (Å²) in [5, 5.41) is 7.58. The maximum Gasteiger partial charge on any atom is 0.175 e. The minimum atomic E-state index is -0.00861. The first-order valence-electron chi connectivity index (χ1n) is 9.55. The van der Waals surface area contributed by atoms with Gasteiger partial charge in [-0.3, -0.25) is 10.2 Å². The highest BCUT2D eigenvalue weighted by Crippen LogP contribution is 2.41. The highest BCUT2D eigenvalue weighted by molar-refractivity contribution is 6.42. The van der Waals surface area contributed by atoms with E-state index in [-0.39, 0.29) is 23.8 Å². The highest BCUT2D eigenvalue weighted by atomic mass is 35.5. The SMILES string of the molecule is O=C1CNCC2=C1C(c1cccc(Oc3ccc(Cl)c(Cl)c3)c1)C1CNNC1N2. The van der Waals surface area contributed by atoms with E-state index in [4.69, 9.17) is 27.9 Å². The fraction of sp³-hybridized carbons (Fsp3) is 0.286. The first-order chi connectivity index (χ1) is 14.1. The standard InChI is InChI=1S/C21H20Cl2N4O2/c22-15-5-4-13(7-16(15)23)29-12-3-1-2-11(6-12)19-14-8-25-27-21(14)26-17-9-24-10-18(28)20(17)19/h1-7,14,19,21,24-27H,8-10H2. The van der Waals surface area contributed by atoms with Crippen LogP contribution in [-0.2, 0) is 4.79 Å².